The summed E-state index contributed by atoms with van der Waals surface area (Å²) in [7, 11) is 3.97. The second-order valence-electron chi connectivity index (χ2n) is 7.24. The summed E-state index contributed by atoms with van der Waals surface area (Å²) in [5.41, 5.74) is 2.34. The van der Waals surface area contributed by atoms with Gasteiger partial charge in [0.1, 0.15) is 6.04 Å². The van der Waals surface area contributed by atoms with Crippen LogP contribution in [0.5, 0.6) is 0 Å². The smallest absolute Gasteiger partial charge is 0.244 e. The van der Waals surface area contributed by atoms with Crippen LogP contribution in [-0.2, 0) is 9.53 Å². The molecule has 3 rings (SSSR count). The first kappa shape index (κ1) is 16.5. The van der Waals surface area contributed by atoms with Crippen LogP contribution in [-0.4, -0.2) is 55.1 Å². The van der Waals surface area contributed by atoms with Gasteiger partial charge in [0.15, 0.2) is 0 Å². The third-order valence-corrected chi connectivity index (χ3v) is 5.28. The number of carbonyl (C=O) groups is 1. The van der Waals surface area contributed by atoms with Crippen LogP contribution in [0.4, 0.5) is 0 Å². The molecule has 2 fully saturated rings. The van der Waals surface area contributed by atoms with E-state index in [0.717, 1.165) is 50.9 Å². The molecule has 4 nitrogen and oxygen atoms in total. The van der Waals surface area contributed by atoms with Crippen LogP contribution in [0.2, 0.25) is 0 Å². The lowest BCUT2D eigenvalue weighted by Gasteiger charge is -2.40. The van der Waals surface area contributed by atoms with Gasteiger partial charge in [-0.3, -0.25) is 9.69 Å². The molecule has 1 spiro atoms. The first-order valence-corrected chi connectivity index (χ1v) is 8.66. The number of amides is 1. The molecule has 0 aromatic heterocycles. The summed E-state index contributed by atoms with van der Waals surface area (Å²) in [6.07, 6.45) is 4.28. The van der Waals surface area contributed by atoms with E-state index >= 15 is 0 Å². The summed E-state index contributed by atoms with van der Waals surface area (Å²) in [5, 5.41) is 0. The van der Waals surface area contributed by atoms with Gasteiger partial charge in [-0.2, -0.15) is 0 Å². The fourth-order valence-electron chi connectivity index (χ4n) is 3.96. The van der Waals surface area contributed by atoms with Crippen molar-refractivity contribution in [2.75, 3.05) is 33.8 Å². The van der Waals surface area contributed by atoms with Gasteiger partial charge in [-0.05, 0) is 52.3 Å². The number of aryl methyl sites for hydroxylation is 1. The molecule has 2 saturated heterocycles. The number of hydrogen-bond donors (Lipinski definition) is 0. The number of hydrogen-bond acceptors (Lipinski definition) is 3. The van der Waals surface area contributed by atoms with Crippen LogP contribution >= 0.6 is 0 Å². The van der Waals surface area contributed by atoms with Gasteiger partial charge in [-0.15, -0.1) is 0 Å². The van der Waals surface area contributed by atoms with E-state index in [1.54, 1.807) is 0 Å². The second-order valence-corrected chi connectivity index (χ2v) is 7.24. The zero-order valence-corrected chi connectivity index (χ0v) is 14.5. The van der Waals surface area contributed by atoms with E-state index in [1.165, 1.54) is 5.56 Å². The zero-order chi connectivity index (χ0) is 16.4. The molecule has 1 atom stereocenters. The topological polar surface area (TPSA) is 32.8 Å². The van der Waals surface area contributed by atoms with Crippen molar-refractivity contribution in [1.82, 2.24) is 9.80 Å². The highest BCUT2D eigenvalue weighted by Crippen LogP contribution is 2.36. The van der Waals surface area contributed by atoms with Crippen molar-refractivity contribution in [2.24, 2.45) is 0 Å². The van der Waals surface area contributed by atoms with Crippen molar-refractivity contribution < 1.29 is 9.53 Å². The molecule has 0 unspecified atom stereocenters. The lowest BCUT2D eigenvalue weighted by molar-refractivity contribution is -0.141. The lowest BCUT2D eigenvalue weighted by atomic mass is 9.88. The maximum atomic E-state index is 13.1. The highest BCUT2D eigenvalue weighted by atomic mass is 16.5. The largest absolute Gasteiger partial charge is 0.375 e. The standard InChI is InChI=1S/C19H28N2O2/c1-15-6-4-7-16(14-15)17(20(2)3)18(22)21-11-9-19(10-12-21)8-5-13-23-19/h4,6-7,14,17H,5,8-13H2,1-3H3/t17-/m1/s1. The highest BCUT2D eigenvalue weighted by molar-refractivity contribution is 5.83. The van der Waals surface area contributed by atoms with Gasteiger partial charge in [0.2, 0.25) is 5.91 Å². The molecule has 0 radical (unpaired) electrons. The molecule has 1 aromatic rings. The Morgan fingerprint density at radius 1 is 1.26 bits per heavy atom. The fraction of sp³-hybridized carbons (Fsp3) is 0.632. The number of piperidine rings is 1. The molecule has 0 saturated carbocycles. The number of benzene rings is 1. The van der Waals surface area contributed by atoms with Crippen LogP contribution in [0.1, 0.15) is 42.9 Å². The normalized spacial score (nSPS) is 21.8. The Kier molecular flexibility index (Phi) is 4.74. The number of likely N-dealkylation sites (tertiary alicyclic amines) is 1. The van der Waals surface area contributed by atoms with Crippen molar-refractivity contribution in [3.8, 4) is 0 Å². The SMILES string of the molecule is Cc1cccc([C@H](C(=O)N2CCC3(CCCO3)CC2)N(C)C)c1. The van der Waals surface area contributed by atoms with Gasteiger partial charge in [0.05, 0.1) is 5.60 Å². The van der Waals surface area contributed by atoms with Crippen LogP contribution in [0.3, 0.4) is 0 Å². The number of rotatable bonds is 3. The Balaban J connectivity index is 1.72. The molecule has 23 heavy (non-hydrogen) atoms. The minimum Gasteiger partial charge on any atom is -0.375 e. The molecule has 126 valence electrons. The third-order valence-electron chi connectivity index (χ3n) is 5.28. The van der Waals surface area contributed by atoms with E-state index in [1.807, 2.05) is 30.0 Å². The van der Waals surface area contributed by atoms with E-state index in [2.05, 4.69) is 25.1 Å². The van der Waals surface area contributed by atoms with Crippen LogP contribution in [0, 0.1) is 6.92 Å². The number of ether oxygens (including phenoxy) is 1. The minimum atomic E-state index is -0.201. The zero-order valence-electron chi connectivity index (χ0n) is 14.5. The molecule has 0 bridgehead atoms. The van der Waals surface area contributed by atoms with E-state index in [4.69, 9.17) is 4.74 Å². The molecule has 1 amide bonds. The molecule has 0 aliphatic carbocycles. The van der Waals surface area contributed by atoms with Gasteiger partial charge in [-0.25, -0.2) is 0 Å². The predicted octanol–water partition coefficient (Wildman–Crippen LogP) is 2.77. The molecule has 0 N–H and O–H groups in total. The monoisotopic (exact) mass is 316 g/mol. The Labute approximate surface area is 139 Å². The molecular weight excluding hydrogens is 288 g/mol. The van der Waals surface area contributed by atoms with E-state index in [-0.39, 0.29) is 17.6 Å². The Morgan fingerprint density at radius 3 is 2.57 bits per heavy atom. The predicted molar refractivity (Wildman–Crippen MR) is 91.3 cm³/mol. The molecule has 2 aliphatic rings. The molecule has 1 aromatic carbocycles. The number of carbonyl (C=O) groups excluding carboxylic acids is 1. The summed E-state index contributed by atoms with van der Waals surface area (Å²) >= 11 is 0. The number of likely N-dealkylation sites (N-methyl/N-ethyl adjacent to an activating group) is 1. The summed E-state index contributed by atoms with van der Waals surface area (Å²) in [6.45, 7) is 4.59. The average molecular weight is 316 g/mol. The summed E-state index contributed by atoms with van der Waals surface area (Å²) in [4.78, 5) is 17.1. The van der Waals surface area contributed by atoms with Crippen molar-refractivity contribution in [3.63, 3.8) is 0 Å². The molecule has 2 heterocycles. The van der Waals surface area contributed by atoms with E-state index in [9.17, 15) is 4.79 Å². The quantitative estimate of drug-likeness (QED) is 0.859. The summed E-state index contributed by atoms with van der Waals surface area (Å²) in [5.74, 6) is 0.216. The third kappa shape index (κ3) is 3.43. The van der Waals surface area contributed by atoms with Gasteiger partial charge >= 0.3 is 0 Å². The molecule has 4 heteroatoms. The minimum absolute atomic E-state index is 0.0632. The summed E-state index contributed by atoms with van der Waals surface area (Å²) < 4.78 is 5.97. The van der Waals surface area contributed by atoms with Crippen molar-refractivity contribution in [1.29, 1.82) is 0 Å². The molecule has 2 aliphatic heterocycles. The number of nitrogens with zero attached hydrogens (tertiary/aromatic N) is 2. The maximum absolute atomic E-state index is 13.1. The van der Waals surface area contributed by atoms with Crippen LogP contribution in [0.25, 0.3) is 0 Å². The van der Waals surface area contributed by atoms with Crippen LogP contribution < -0.4 is 0 Å². The fourth-order valence-corrected chi connectivity index (χ4v) is 3.96. The van der Waals surface area contributed by atoms with Crippen molar-refractivity contribution in [2.45, 2.75) is 44.2 Å². The van der Waals surface area contributed by atoms with Gasteiger partial charge < -0.3 is 9.64 Å². The van der Waals surface area contributed by atoms with Crippen molar-refractivity contribution >= 4 is 5.91 Å². The average Bonchev–Trinajstić information content (AvgIpc) is 2.96. The van der Waals surface area contributed by atoms with Gasteiger partial charge in [0, 0.05) is 19.7 Å². The highest BCUT2D eigenvalue weighted by Gasteiger charge is 2.40. The van der Waals surface area contributed by atoms with Gasteiger partial charge in [0.25, 0.3) is 0 Å². The Hall–Kier alpha value is -1.39. The lowest BCUT2D eigenvalue weighted by Crippen LogP contribution is -2.49. The van der Waals surface area contributed by atoms with Crippen molar-refractivity contribution in [3.05, 3.63) is 35.4 Å². The Morgan fingerprint density at radius 2 is 2.00 bits per heavy atom. The second kappa shape index (κ2) is 6.62. The molecular formula is C19H28N2O2. The summed E-state index contributed by atoms with van der Waals surface area (Å²) in [6, 6.07) is 8.08. The maximum Gasteiger partial charge on any atom is 0.244 e. The Bertz CT molecular complexity index is 554. The van der Waals surface area contributed by atoms with E-state index in [0.29, 0.717) is 0 Å². The first-order valence-electron chi connectivity index (χ1n) is 8.66. The first-order chi connectivity index (χ1) is 11.0. The van der Waals surface area contributed by atoms with Gasteiger partial charge in [-0.1, -0.05) is 29.8 Å². The van der Waals surface area contributed by atoms with E-state index < -0.39 is 0 Å². The van der Waals surface area contributed by atoms with Crippen LogP contribution in [0.15, 0.2) is 24.3 Å².